The van der Waals surface area contributed by atoms with Crippen molar-refractivity contribution in [3.63, 3.8) is 0 Å². The van der Waals surface area contributed by atoms with Gasteiger partial charge in [0.25, 0.3) is 5.91 Å². The highest BCUT2D eigenvalue weighted by Crippen LogP contribution is 2.06. The van der Waals surface area contributed by atoms with Crippen LogP contribution in [0.25, 0.3) is 0 Å². The molecule has 0 heterocycles. The Morgan fingerprint density at radius 3 is 2.29 bits per heavy atom. The lowest BCUT2D eigenvalue weighted by atomic mass is 10.1. The van der Waals surface area contributed by atoms with Crippen LogP contribution in [0, 0.1) is 0 Å². The average molecular weight is 233 g/mol. The van der Waals surface area contributed by atoms with Crippen LogP contribution in [0.5, 0.6) is 0 Å². The summed E-state index contributed by atoms with van der Waals surface area (Å²) >= 11 is 0. The number of nitrogens with zero attached hydrogens (tertiary/aromatic N) is 2. The van der Waals surface area contributed by atoms with E-state index in [4.69, 9.17) is 0 Å². The molecule has 0 atom stereocenters. The number of carbonyl (C=O) groups excluding carboxylic acids is 1. The number of amides is 1. The quantitative estimate of drug-likeness (QED) is 0.637. The molecule has 1 aromatic carbocycles. The maximum Gasteiger partial charge on any atom is 0.271 e. The fourth-order valence-electron chi connectivity index (χ4n) is 1.35. The standard InChI is InChI=1S/C13H19N3O/c1-10(2)14-15-13(17)12-7-5-11(6-8-12)9-16(3)4/h5-8H,9H2,1-4H3,(H,15,17). The van der Waals surface area contributed by atoms with Crippen LogP contribution in [-0.2, 0) is 6.54 Å². The van der Waals surface area contributed by atoms with E-state index in [1.807, 2.05) is 52.2 Å². The molecule has 0 saturated carbocycles. The summed E-state index contributed by atoms with van der Waals surface area (Å²) in [6.07, 6.45) is 0. The lowest BCUT2D eigenvalue weighted by molar-refractivity contribution is 0.0954. The number of hydrogen-bond acceptors (Lipinski definition) is 3. The molecule has 1 rings (SSSR count). The number of nitrogens with one attached hydrogen (secondary N) is 1. The number of carbonyl (C=O) groups is 1. The molecule has 0 aliphatic heterocycles. The lowest BCUT2D eigenvalue weighted by Gasteiger charge is -2.09. The molecule has 1 aromatic rings. The molecule has 0 unspecified atom stereocenters. The van der Waals surface area contributed by atoms with Gasteiger partial charge in [-0.1, -0.05) is 12.1 Å². The Balaban J connectivity index is 2.67. The molecule has 17 heavy (non-hydrogen) atoms. The molecule has 0 radical (unpaired) electrons. The Hall–Kier alpha value is -1.68. The van der Waals surface area contributed by atoms with Gasteiger partial charge in [-0.3, -0.25) is 4.79 Å². The van der Waals surface area contributed by atoms with Gasteiger partial charge in [-0.15, -0.1) is 0 Å². The third-order valence-corrected chi connectivity index (χ3v) is 2.10. The topological polar surface area (TPSA) is 44.7 Å². The first-order valence-corrected chi connectivity index (χ1v) is 5.54. The van der Waals surface area contributed by atoms with Gasteiger partial charge in [0, 0.05) is 17.8 Å². The van der Waals surface area contributed by atoms with Crippen molar-refractivity contribution in [3.8, 4) is 0 Å². The van der Waals surface area contributed by atoms with Crippen LogP contribution in [0.2, 0.25) is 0 Å². The molecule has 0 saturated heterocycles. The second kappa shape index (κ2) is 6.15. The van der Waals surface area contributed by atoms with Crippen molar-refractivity contribution in [1.82, 2.24) is 10.3 Å². The molecule has 4 nitrogen and oxygen atoms in total. The molecule has 1 N–H and O–H groups in total. The van der Waals surface area contributed by atoms with Crippen molar-refractivity contribution in [3.05, 3.63) is 35.4 Å². The molecule has 0 aliphatic carbocycles. The molecule has 92 valence electrons. The second-order valence-electron chi connectivity index (χ2n) is 4.43. The smallest absolute Gasteiger partial charge is 0.271 e. The molecule has 0 fully saturated rings. The number of hydrazone groups is 1. The molecule has 0 aliphatic rings. The minimum atomic E-state index is -0.178. The predicted octanol–water partition coefficient (Wildman–Crippen LogP) is 1.87. The van der Waals surface area contributed by atoms with Gasteiger partial charge in [-0.05, 0) is 45.6 Å². The number of rotatable bonds is 4. The van der Waals surface area contributed by atoms with Gasteiger partial charge in [-0.25, -0.2) is 5.43 Å². The summed E-state index contributed by atoms with van der Waals surface area (Å²) in [5, 5.41) is 3.88. The van der Waals surface area contributed by atoms with Crippen molar-refractivity contribution in [2.24, 2.45) is 5.10 Å². The summed E-state index contributed by atoms with van der Waals surface area (Å²) in [7, 11) is 4.03. The van der Waals surface area contributed by atoms with Crippen molar-refractivity contribution in [2.45, 2.75) is 20.4 Å². The lowest BCUT2D eigenvalue weighted by Crippen LogP contribution is -2.18. The first-order valence-electron chi connectivity index (χ1n) is 5.54. The van der Waals surface area contributed by atoms with Crippen LogP contribution >= 0.6 is 0 Å². The monoisotopic (exact) mass is 233 g/mol. The second-order valence-corrected chi connectivity index (χ2v) is 4.43. The highest BCUT2D eigenvalue weighted by Gasteiger charge is 2.04. The largest absolute Gasteiger partial charge is 0.305 e. The Kier molecular flexibility index (Phi) is 4.84. The summed E-state index contributed by atoms with van der Waals surface area (Å²) in [4.78, 5) is 13.7. The van der Waals surface area contributed by atoms with Crippen LogP contribution in [0.1, 0.15) is 29.8 Å². The number of benzene rings is 1. The Labute approximate surface area is 102 Å². The molecular formula is C13H19N3O. The van der Waals surface area contributed by atoms with E-state index in [0.717, 1.165) is 12.3 Å². The maximum absolute atomic E-state index is 11.7. The molecule has 0 aromatic heterocycles. The van der Waals surface area contributed by atoms with E-state index < -0.39 is 0 Å². The fourth-order valence-corrected chi connectivity index (χ4v) is 1.35. The highest BCUT2D eigenvalue weighted by molar-refractivity contribution is 5.95. The van der Waals surface area contributed by atoms with Gasteiger partial charge in [0.2, 0.25) is 0 Å². The van der Waals surface area contributed by atoms with Gasteiger partial charge in [0.1, 0.15) is 0 Å². The Bertz CT molecular complexity index is 403. The summed E-state index contributed by atoms with van der Waals surface area (Å²) in [6, 6.07) is 7.54. The summed E-state index contributed by atoms with van der Waals surface area (Å²) in [5.41, 5.74) is 5.12. The van der Waals surface area contributed by atoms with Crippen LogP contribution < -0.4 is 5.43 Å². The van der Waals surface area contributed by atoms with Gasteiger partial charge in [0.15, 0.2) is 0 Å². The SMILES string of the molecule is CC(C)=NNC(=O)c1ccc(CN(C)C)cc1. The van der Waals surface area contributed by atoms with E-state index in [2.05, 4.69) is 15.4 Å². The summed E-state index contributed by atoms with van der Waals surface area (Å²) < 4.78 is 0. The molecule has 0 bridgehead atoms. The van der Waals surface area contributed by atoms with Crippen LogP contribution in [0.4, 0.5) is 0 Å². The summed E-state index contributed by atoms with van der Waals surface area (Å²) in [5.74, 6) is -0.178. The van der Waals surface area contributed by atoms with Crippen LogP contribution in [-0.4, -0.2) is 30.6 Å². The zero-order chi connectivity index (χ0) is 12.8. The maximum atomic E-state index is 11.7. The highest BCUT2D eigenvalue weighted by atomic mass is 16.2. The van der Waals surface area contributed by atoms with E-state index >= 15 is 0 Å². The minimum absolute atomic E-state index is 0.178. The van der Waals surface area contributed by atoms with Crippen molar-refractivity contribution >= 4 is 11.6 Å². The fraction of sp³-hybridized carbons (Fsp3) is 0.385. The zero-order valence-corrected chi connectivity index (χ0v) is 10.8. The minimum Gasteiger partial charge on any atom is -0.305 e. The Morgan fingerprint density at radius 1 is 1.24 bits per heavy atom. The average Bonchev–Trinajstić information content (AvgIpc) is 2.26. The van der Waals surface area contributed by atoms with Crippen LogP contribution in [0.15, 0.2) is 29.4 Å². The number of hydrogen-bond donors (Lipinski definition) is 1. The van der Waals surface area contributed by atoms with Crippen molar-refractivity contribution < 1.29 is 4.79 Å². The third kappa shape index (κ3) is 4.78. The van der Waals surface area contributed by atoms with E-state index in [-0.39, 0.29) is 5.91 Å². The van der Waals surface area contributed by atoms with Crippen molar-refractivity contribution in [1.29, 1.82) is 0 Å². The van der Waals surface area contributed by atoms with Crippen molar-refractivity contribution in [2.75, 3.05) is 14.1 Å². The first-order chi connectivity index (χ1) is 7.99. The molecule has 1 amide bonds. The third-order valence-electron chi connectivity index (χ3n) is 2.10. The molecular weight excluding hydrogens is 214 g/mol. The van der Waals surface area contributed by atoms with E-state index in [0.29, 0.717) is 5.56 Å². The first kappa shape index (κ1) is 13.4. The van der Waals surface area contributed by atoms with Gasteiger partial charge < -0.3 is 4.90 Å². The normalized spacial score (nSPS) is 10.2. The zero-order valence-electron chi connectivity index (χ0n) is 10.8. The summed E-state index contributed by atoms with van der Waals surface area (Å²) in [6.45, 7) is 4.54. The molecule has 0 spiro atoms. The van der Waals surface area contributed by atoms with Gasteiger partial charge in [0.05, 0.1) is 0 Å². The van der Waals surface area contributed by atoms with E-state index in [1.54, 1.807) is 0 Å². The van der Waals surface area contributed by atoms with Crippen LogP contribution in [0.3, 0.4) is 0 Å². The van der Waals surface area contributed by atoms with E-state index in [1.165, 1.54) is 5.56 Å². The van der Waals surface area contributed by atoms with Gasteiger partial charge >= 0.3 is 0 Å². The van der Waals surface area contributed by atoms with Gasteiger partial charge in [-0.2, -0.15) is 5.10 Å². The predicted molar refractivity (Wildman–Crippen MR) is 70.1 cm³/mol. The molecule has 4 heteroatoms. The van der Waals surface area contributed by atoms with E-state index in [9.17, 15) is 4.79 Å². The Morgan fingerprint density at radius 2 is 1.82 bits per heavy atom.